The predicted octanol–water partition coefficient (Wildman–Crippen LogP) is -0.675. The number of aliphatic hydroxyl groups is 1. The number of aromatic nitrogens is 2. The minimum Gasteiger partial charge on any atom is -0.393 e. The van der Waals surface area contributed by atoms with Crippen molar-refractivity contribution in [1.29, 1.82) is 0 Å². The van der Waals surface area contributed by atoms with Gasteiger partial charge in [-0.15, -0.1) is 11.8 Å². The second-order valence-corrected chi connectivity index (χ2v) is 5.19. The molecule has 104 valence electrons. The van der Waals surface area contributed by atoms with Crippen molar-refractivity contribution in [2.24, 2.45) is 4.99 Å². The van der Waals surface area contributed by atoms with Gasteiger partial charge in [-0.1, -0.05) is 0 Å². The maximum absolute atomic E-state index is 11.5. The number of aryl methyl sites for hydroxylation is 1. The van der Waals surface area contributed by atoms with E-state index in [-0.39, 0.29) is 13.3 Å². The summed E-state index contributed by atoms with van der Waals surface area (Å²) in [6.45, 7) is 2.09. The SMILES string of the molecule is Cc1cn(COC(CO)C2=NCCS2)c(=O)[nH]c1=O. The lowest BCUT2D eigenvalue weighted by molar-refractivity contribution is 0.0134. The normalized spacial score (nSPS) is 16.4. The summed E-state index contributed by atoms with van der Waals surface area (Å²) in [5.41, 5.74) is -0.514. The molecule has 0 fully saturated rings. The van der Waals surface area contributed by atoms with E-state index < -0.39 is 17.4 Å². The van der Waals surface area contributed by atoms with E-state index in [9.17, 15) is 14.7 Å². The van der Waals surface area contributed by atoms with Gasteiger partial charge < -0.3 is 9.84 Å². The highest BCUT2D eigenvalue weighted by molar-refractivity contribution is 8.14. The lowest BCUT2D eigenvalue weighted by Crippen LogP contribution is -2.34. The number of aromatic amines is 1. The number of hydrogen-bond acceptors (Lipinski definition) is 6. The molecular formula is C11H15N3O4S. The predicted molar refractivity (Wildman–Crippen MR) is 72.8 cm³/mol. The van der Waals surface area contributed by atoms with Crippen molar-refractivity contribution in [2.75, 3.05) is 18.9 Å². The van der Waals surface area contributed by atoms with Crippen LogP contribution in [0, 0.1) is 6.92 Å². The Morgan fingerprint density at radius 3 is 3.05 bits per heavy atom. The number of nitrogens with zero attached hydrogens (tertiary/aromatic N) is 2. The minimum atomic E-state index is -0.534. The molecule has 2 N–H and O–H groups in total. The molecule has 1 unspecified atom stereocenters. The Hall–Kier alpha value is -1.38. The Morgan fingerprint density at radius 2 is 2.42 bits per heavy atom. The van der Waals surface area contributed by atoms with E-state index in [4.69, 9.17) is 4.74 Å². The summed E-state index contributed by atoms with van der Waals surface area (Å²) < 4.78 is 6.73. The average molecular weight is 285 g/mol. The number of nitrogens with one attached hydrogen (secondary N) is 1. The maximum atomic E-state index is 11.5. The lowest BCUT2D eigenvalue weighted by Gasteiger charge is -2.15. The van der Waals surface area contributed by atoms with E-state index in [2.05, 4.69) is 9.98 Å². The van der Waals surface area contributed by atoms with E-state index in [1.807, 2.05) is 0 Å². The first-order chi connectivity index (χ1) is 9.11. The van der Waals surface area contributed by atoms with Crippen LogP contribution in [0.3, 0.4) is 0 Å². The molecule has 0 amide bonds. The van der Waals surface area contributed by atoms with Gasteiger partial charge in [-0.2, -0.15) is 0 Å². The topological polar surface area (TPSA) is 96.7 Å². The summed E-state index contributed by atoms with van der Waals surface area (Å²) >= 11 is 1.54. The van der Waals surface area contributed by atoms with Crippen molar-refractivity contribution in [1.82, 2.24) is 9.55 Å². The molecule has 0 saturated heterocycles. The number of ether oxygens (including phenoxy) is 1. The minimum absolute atomic E-state index is 0.0404. The fraction of sp³-hybridized carbons (Fsp3) is 0.545. The summed E-state index contributed by atoms with van der Waals surface area (Å²) in [5, 5.41) is 10.0. The van der Waals surface area contributed by atoms with Gasteiger partial charge in [0.15, 0.2) is 0 Å². The molecule has 1 aromatic rings. The molecule has 0 radical (unpaired) electrons. The van der Waals surface area contributed by atoms with Crippen LogP contribution >= 0.6 is 11.8 Å². The largest absolute Gasteiger partial charge is 0.393 e. The third-order valence-corrected chi connectivity index (χ3v) is 3.73. The molecule has 0 aromatic carbocycles. The first-order valence-corrected chi connectivity index (χ1v) is 6.80. The molecule has 0 spiro atoms. The molecule has 1 aliphatic heterocycles. The molecule has 8 heteroatoms. The van der Waals surface area contributed by atoms with E-state index in [0.717, 1.165) is 17.3 Å². The fourth-order valence-corrected chi connectivity index (χ4v) is 2.54. The monoisotopic (exact) mass is 285 g/mol. The Bertz CT molecular complexity index is 592. The highest BCUT2D eigenvalue weighted by atomic mass is 32.2. The number of hydrogen-bond donors (Lipinski definition) is 2. The molecule has 0 bridgehead atoms. The highest BCUT2D eigenvalue weighted by Crippen LogP contribution is 2.16. The summed E-state index contributed by atoms with van der Waals surface area (Å²) in [6.07, 6.45) is 0.908. The number of thioether (sulfide) groups is 1. The van der Waals surface area contributed by atoms with Crippen LogP contribution in [0.5, 0.6) is 0 Å². The van der Waals surface area contributed by atoms with E-state index in [1.165, 1.54) is 22.5 Å². The van der Waals surface area contributed by atoms with Crippen LogP contribution in [0.1, 0.15) is 5.56 Å². The average Bonchev–Trinajstić information content (AvgIpc) is 2.90. The summed E-state index contributed by atoms with van der Waals surface area (Å²) in [4.78, 5) is 29.2. The molecule has 2 heterocycles. The smallest absolute Gasteiger partial charge is 0.330 e. The van der Waals surface area contributed by atoms with Crippen LogP contribution in [0.2, 0.25) is 0 Å². The molecule has 0 aliphatic carbocycles. The molecule has 19 heavy (non-hydrogen) atoms. The van der Waals surface area contributed by atoms with Gasteiger partial charge in [0.1, 0.15) is 12.8 Å². The third-order valence-electron chi connectivity index (χ3n) is 2.65. The quantitative estimate of drug-likeness (QED) is 0.747. The van der Waals surface area contributed by atoms with Crippen LogP contribution in [0.25, 0.3) is 0 Å². The van der Waals surface area contributed by atoms with E-state index in [0.29, 0.717) is 5.56 Å². The maximum Gasteiger partial charge on any atom is 0.330 e. The van der Waals surface area contributed by atoms with Gasteiger partial charge in [-0.05, 0) is 6.92 Å². The number of aliphatic imine (C=N–C) groups is 1. The highest BCUT2D eigenvalue weighted by Gasteiger charge is 2.19. The molecule has 2 rings (SSSR count). The molecular weight excluding hydrogens is 270 g/mol. The Balaban J connectivity index is 2.07. The van der Waals surface area contributed by atoms with Gasteiger partial charge in [0.2, 0.25) is 0 Å². The van der Waals surface area contributed by atoms with Crippen molar-refractivity contribution < 1.29 is 9.84 Å². The van der Waals surface area contributed by atoms with Crippen molar-refractivity contribution in [3.05, 3.63) is 32.6 Å². The summed E-state index contributed by atoms with van der Waals surface area (Å²) in [6, 6.07) is 0. The standard InChI is InChI=1S/C11H15N3O4S/c1-7-4-14(11(17)13-9(7)16)6-18-8(5-15)10-12-2-3-19-10/h4,8,15H,2-3,5-6H2,1H3,(H,13,16,17). The number of rotatable bonds is 5. The summed E-state index contributed by atoms with van der Waals surface area (Å²) in [7, 11) is 0. The Kier molecular flexibility index (Phi) is 4.56. The third kappa shape index (κ3) is 3.34. The lowest BCUT2D eigenvalue weighted by atomic mass is 10.4. The zero-order chi connectivity index (χ0) is 13.8. The van der Waals surface area contributed by atoms with Crippen LogP contribution in [0.4, 0.5) is 0 Å². The second-order valence-electron chi connectivity index (χ2n) is 4.08. The van der Waals surface area contributed by atoms with Crippen molar-refractivity contribution in [3.8, 4) is 0 Å². The molecule has 1 aromatic heterocycles. The number of H-pyrrole nitrogens is 1. The van der Waals surface area contributed by atoms with Gasteiger partial charge in [0.25, 0.3) is 5.56 Å². The van der Waals surface area contributed by atoms with Crippen molar-refractivity contribution in [2.45, 2.75) is 19.8 Å². The summed E-state index contributed by atoms with van der Waals surface area (Å²) in [5.74, 6) is 0.882. The second kappa shape index (κ2) is 6.18. The van der Waals surface area contributed by atoms with Crippen LogP contribution in [-0.2, 0) is 11.5 Å². The van der Waals surface area contributed by atoms with E-state index in [1.54, 1.807) is 6.92 Å². The van der Waals surface area contributed by atoms with Gasteiger partial charge in [-0.3, -0.25) is 19.3 Å². The number of aliphatic hydroxyl groups excluding tert-OH is 1. The van der Waals surface area contributed by atoms with Gasteiger partial charge in [0.05, 0.1) is 11.7 Å². The van der Waals surface area contributed by atoms with Crippen LogP contribution in [-0.4, -0.2) is 44.7 Å². The van der Waals surface area contributed by atoms with Crippen molar-refractivity contribution in [3.63, 3.8) is 0 Å². The first-order valence-electron chi connectivity index (χ1n) is 5.82. The van der Waals surface area contributed by atoms with Gasteiger partial charge >= 0.3 is 5.69 Å². The van der Waals surface area contributed by atoms with Gasteiger partial charge in [-0.25, -0.2) is 4.79 Å². The molecule has 0 saturated carbocycles. The van der Waals surface area contributed by atoms with Crippen LogP contribution in [0.15, 0.2) is 20.8 Å². The van der Waals surface area contributed by atoms with E-state index >= 15 is 0 Å². The zero-order valence-electron chi connectivity index (χ0n) is 10.5. The fourth-order valence-electron chi connectivity index (χ4n) is 1.63. The molecule has 7 nitrogen and oxygen atoms in total. The van der Waals surface area contributed by atoms with Gasteiger partial charge in [0, 0.05) is 24.1 Å². The van der Waals surface area contributed by atoms with Crippen molar-refractivity contribution >= 4 is 16.8 Å². The Labute approximate surface area is 113 Å². The zero-order valence-corrected chi connectivity index (χ0v) is 11.3. The first kappa shape index (κ1) is 14.0. The van der Waals surface area contributed by atoms with Crippen LogP contribution < -0.4 is 11.2 Å². The molecule has 1 atom stereocenters. The Morgan fingerprint density at radius 1 is 1.63 bits per heavy atom. The molecule has 1 aliphatic rings.